The molecule has 0 aliphatic rings. The van der Waals surface area contributed by atoms with Crippen molar-refractivity contribution in [3.63, 3.8) is 0 Å². The van der Waals surface area contributed by atoms with Gasteiger partial charge in [0.25, 0.3) is 0 Å². The van der Waals surface area contributed by atoms with E-state index in [1.807, 2.05) is 6.07 Å². The van der Waals surface area contributed by atoms with E-state index in [1.54, 1.807) is 0 Å². The molecule has 0 aliphatic carbocycles. The van der Waals surface area contributed by atoms with Crippen molar-refractivity contribution in [2.45, 2.75) is 39.0 Å². The quantitative estimate of drug-likeness (QED) is 0.586. The van der Waals surface area contributed by atoms with Crippen molar-refractivity contribution in [3.8, 4) is 0 Å². The van der Waals surface area contributed by atoms with Crippen LogP contribution in [0.15, 0.2) is 30.3 Å². The van der Waals surface area contributed by atoms with Gasteiger partial charge in [-0.25, -0.2) is 0 Å². The second kappa shape index (κ2) is 9.56. The molecule has 0 N–H and O–H groups in total. The Bertz CT molecular complexity index is 342. The molecule has 19 heavy (non-hydrogen) atoms. The van der Waals surface area contributed by atoms with E-state index >= 15 is 0 Å². The van der Waals surface area contributed by atoms with Gasteiger partial charge in [0.15, 0.2) is 0 Å². The Morgan fingerprint density at radius 1 is 1.05 bits per heavy atom. The molecule has 0 atom stereocenters. The molecular weight excluding hydrogens is 238 g/mol. The number of nitrogens with zero attached hydrogens (tertiary/aromatic N) is 1. The number of benzene rings is 1. The average Bonchev–Trinajstić information content (AvgIpc) is 2.35. The number of carboxylic acid groups (broad SMARTS) is 1. The lowest BCUT2D eigenvalue weighted by Gasteiger charge is -2.22. The molecule has 0 spiro atoms. The van der Waals surface area contributed by atoms with E-state index in [0.29, 0.717) is 0 Å². The fraction of sp³-hybridized carbons (Fsp3) is 0.562. The molecule has 0 unspecified atom stereocenters. The highest BCUT2D eigenvalue weighted by molar-refractivity contribution is 5.64. The van der Waals surface area contributed by atoms with Gasteiger partial charge in [-0.05, 0) is 25.0 Å². The molecule has 1 rings (SSSR count). The summed E-state index contributed by atoms with van der Waals surface area (Å²) in [6, 6.07) is 10.5. The van der Waals surface area contributed by atoms with Crippen LogP contribution < -0.4 is 9.59 Å². The number of unbranched alkanes of at least 4 members (excludes halogenated alkanes) is 3. The summed E-state index contributed by atoms with van der Waals surface area (Å²) in [5.41, 5.74) is 1.34. The molecule has 0 amide bonds. The topological polar surface area (TPSA) is 40.1 Å². The Kier molecular flexibility index (Phi) is 8.88. The maximum atomic E-state index is 9.85. The van der Waals surface area contributed by atoms with Crippen LogP contribution in [0, 0.1) is 0 Å². The van der Waals surface area contributed by atoms with Crippen molar-refractivity contribution in [3.05, 3.63) is 30.3 Å². The molecule has 108 valence electrons. The molecule has 0 radical (unpaired) electrons. The van der Waals surface area contributed by atoms with Crippen molar-refractivity contribution in [1.82, 2.24) is 4.48 Å². The Morgan fingerprint density at radius 2 is 1.63 bits per heavy atom. The van der Waals surface area contributed by atoms with Crippen molar-refractivity contribution in [2.24, 2.45) is 0 Å². The lowest BCUT2D eigenvalue weighted by Crippen LogP contribution is -2.34. The lowest BCUT2D eigenvalue weighted by molar-refractivity contribution is -0.305. The summed E-state index contributed by atoms with van der Waals surface area (Å²) in [5.74, 6) is -0.925. The number of carbonyl (C=O) groups is 1. The van der Waals surface area contributed by atoms with Crippen LogP contribution >= 0.6 is 0 Å². The first-order chi connectivity index (χ1) is 8.88. The van der Waals surface area contributed by atoms with Gasteiger partial charge in [-0.1, -0.05) is 44.4 Å². The molecule has 0 aromatic heterocycles. The van der Waals surface area contributed by atoms with Crippen molar-refractivity contribution in [1.29, 1.82) is 0 Å². The number of hydrogen-bond acceptors (Lipinski definition) is 2. The van der Waals surface area contributed by atoms with Crippen molar-refractivity contribution < 1.29 is 9.90 Å². The molecule has 0 saturated heterocycles. The van der Waals surface area contributed by atoms with Crippen LogP contribution in [-0.2, 0) is 4.79 Å². The monoisotopic (exact) mass is 265 g/mol. The Balaban J connectivity index is 0.000000344. The van der Waals surface area contributed by atoms with E-state index in [2.05, 4.69) is 52.3 Å². The number of hydrogen-bond donors (Lipinski definition) is 0. The summed E-state index contributed by atoms with van der Waals surface area (Å²) >= 11 is 0. The Labute approximate surface area is 117 Å². The second-order valence-corrected chi connectivity index (χ2v) is 5.53. The van der Waals surface area contributed by atoms with Gasteiger partial charge < -0.3 is 9.90 Å². The normalized spacial score (nSPS) is 10.5. The highest BCUT2D eigenvalue weighted by Crippen LogP contribution is 2.14. The molecule has 3 nitrogen and oxygen atoms in total. The first-order valence-corrected chi connectivity index (χ1v) is 6.94. The van der Waals surface area contributed by atoms with Gasteiger partial charge in [0.1, 0.15) is 5.69 Å². The van der Waals surface area contributed by atoms with Crippen LogP contribution in [-0.4, -0.2) is 27.1 Å². The fourth-order valence-electron chi connectivity index (χ4n) is 1.57. The fourth-order valence-corrected chi connectivity index (χ4v) is 1.57. The summed E-state index contributed by atoms with van der Waals surface area (Å²) in [5, 5.41) is 9.85. The van der Waals surface area contributed by atoms with Crippen LogP contribution in [0.25, 0.3) is 0 Å². The molecule has 0 bridgehead atoms. The molecule has 1 aromatic carbocycles. The van der Waals surface area contributed by atoms with Gasteiger partial charge in [0.05, 0.1) is 21.1 Å². The zero-order valence-corrected chi connectivity index (χ0v) is 12.7. The minimum Gasteiger partial charge on any atom is -0.550 e. The third kappa shape index (κ3) is 10.3. The molecule has 0 aliphatic heterocycles. The summed E-state index contributed by atoms with van der Waals surface area (Å²) in [6.07, 6.45) is 4.29. The molecule has 1 aromatic rings. The maximum absolute atomic E-state index is 9.85. The Morgan fingerprint density at radius 3 is 2.00 bits per heavy atom. The second-order valence-electron chi connectivity index (χ2n) is 5.53. The summed E-state index contributed by atoms with van der Waals surface area (Å²) < 4.78 is 0.890. The maximum Gasteiger partial charge on any atom is 0.132 e. The van der Waals surface area contributed by atoms with E-state index < -0.39 is 5.97 Å². The van der Waals surface area contributed by atoms with Gasteiger partial charge in [-0.2, -0.15) is 0 Å². The highest BCUT2D eigenvalue weighted by atomic mass is 16.4. The number of rotatable bonds is 6. The smallest absolute Gasteiger partial charge is 0.132 e. The van der Waals surface area contributed by atoms with E-state index in [4.69, 9.17) is 0 Å². The van der Waals surface area contributed by atoms with E-state index in [1.165, 1.54) is 5.69 Å². The van der Waals surface area contributed by atoms with E-state index in [0.717, 1.165) is 30.2 Å². The number of para-hydroxylation sites is 1. The number of aliphatic carboxylic acids is 1. The number of quaternary nitrogens is 1. The highest BCUT2D eigenvalue weighted by Gasteiger charge is 2.08. The van der Waals surface area contributed by atoms with Crippen LogP contribution in [0.2, 0.25) is 0 Å². The standard InChI is InChI=1S/C9H14N.C7H14O2/c1-10(2,3)9-7-5-4-6-8-9;1-2-3-4-5-6-7(8)9/h4-8H,1-3H3;2-6H2,1H3,(H,8,9)/q+1;/p-1. The van der Waals surface area contributed by atoms with Crippen LogP contribution in [0.4, 0.5) is 5.69 Å². The van der Waals surface area contributed by atoms with Crippen LogP contribution in [0.3, 0.4) is 0 Å². The molecule has 0 fully saturated rings. The van der Waals surface area contributed by atoms with Gasteiger partial charge in [0, 0.05) is 5.97 Å². The predicted molar refractivity (Wildman–Crippen MR) is 79.8 cm³/mol. The summed E-state index contributed by atoms with van der Waals surface area (Å²) in [6.45, 7) is 2.10. The first-order valence-electron chi connectivity index (χ1n) is 6.94. The Hall–Kier alpha value is -1.35. The predicted octanol–water partition coefficient (Wildman–Crippen LogP) is 2.59. The van der Waals surface area contributed by atoms with Crippen molar-refractivity contribution in [2.75, 3.05) is 21.1 Å². The van der Waals surface area contributed by atoms with Crippen LogP contribution in [0.1, 0.15) is 39.0 Å². The van der Waals surface area contributed by atoms with Gasteiger partial charge >= 0.3 is 0 Å². The van der Waals surface area contributed by atoms with E-state index in [-0.39, 0.29) is 6.42 Å². The van der Waals surface area contributed by atoms with Crippen molar-refractivity contribution >= 4 is 11.7 Å². The minimum atomic E-state index is -0.925. The van der Waals surface area contributed by atoms with Gasteiger partial charge in [-0.15, -0.1) is 0 Å². The molecule has 0 saturated carbocycles. The molecule has 3 heteroatoms. The van der Waals surface area contributed by atoms with E-state index in [9.17, 15) is 9.90 Å². The number of carboxylic acids is 1. The molecular formula is C16H27NO2. The summed E-state index contributed by atoms with van der Waals surface area (Å²) in [7, 11) is 6.49. The number of carbonyl (C=O) groups excluding carboxylic acids is 1. The zero-order valence-electron chi connectivity index (χ0n) is 12.7. The third-order valence-electron chi connectivity index (χ3n) is 2.77. The third-order valence-corrected chi connectivity index (χ3v) is 2.77. The minimum absolute atomic E-state index is 0.222. The zero-order chi connectivity index (χ0) is 14.7. The SMILES string of the molecule is CCCCCCC(=O)[O-].C[N+](C)(C)c1ccccc1. The van der Waals surface area contributed by atoms with Gasteiger partial charge in [0.2, 0.25) is 0 Å². The lowest BCUT2D eigenvalue weighted by atomic mass is 10.2. The van der Waals surface area contributed by atoms with Gasteiger partial charge in [-0.3, -0.25) is 4.48 Å². The summed E-state index contributed by atoms with van der Waals surface area (Å²) in [4.78, 5) is 9.85. The molecule has 0 heterocycles. The largest absolute Gasteiger partial charge is 0.550 e. The average molecular weight is 265 g/mol. The van der Waals surface area contributed by atoms with Crippen LogP contribution in [0.5, 0.6) is 0 Å². The first kappa shape index (κ1) is 17.6.